The van der Waals surface area contributed by atoms with Crippen LogP contribution in [0.25, 0.3) is 11.4 Å². The summed E-state index contributed by atoms with van der Waals surface area (Å²) in [5, 5.41) is 9.18. The van der Waals surface area contributed by atoms with E-state index >= 15 is 0 Å². The molecule has 1 aliphatic heterocycles. The first kappa shape index (κ1) is 17.9. The maximum absolute atomic E-state index is 12.7. The minimum absolute atomic E-state index is 0.167. The van der Waals surface area contributed by atoms with E-state index in [9.17, 15) is 4.79 Å². The topological polar surface area (TPSA) is 54.3 Å². The van der Waals surface area contributed by atoms with Crippen molar-refractivity contribution in [2.24, 2.45) is 7.05 Å². The van der Waals surface area contributed by atoms with Gasteiger partial charge >= 0.3 is 0 Å². The molecular weight excluding hydrogens is 334 g/mol. The molecule has 1 aromatic carbocycles. The van der Waals surface area contributed by atoms with E-state index in [4.69, 9.17) is 0 Å². The molecular formula is C18H25N5OS. The molecule has 1 saturated heterocycles. The largest absolute Gasteiger partial charge is 0.339 e. The maximum atomic E-state index is 12.7. The second-order valence-corrected chi connectivity index (χ2v) is 7.56. The van der Waals surface area contributed by atoms with Gasteiger partial charge in [-0.3, -0.25) is 4.79 Å². The molecule has 2 heterocycles. The summed E-state index contributed by atoms with van der Waals surface area (Å²) in [4.78, 5) is 17.1. The van der Waals surface area contributed by atoms with Gasteiger partial charge in [-0.2, -0.15) is 0 Å². The average molecular weight is 359 g/mol. The fourth-order valence-corrected chi connectivity index (χ4v) is 3.90. The molecule has 0 spiro atoms. The van der Waals surface area contributed by atoms with Crippen molar-refractivity contribution in [3.8, 4) is 11.4 Å². The van der Waals surface area contributed by atoms with Gasteiger partial charge in [-0.25, -0.2) is 0 Å². The lowest BCUT2D eigenvalue weighted by Crippen LogP contribution is -2.50. The van der Waals surface area contributed by atoms with Crippen molar-refractivity contribution in [1.82, 2.24) is 24.6 Å². The van der Waals surface area contributed by atoms with E-state index < -0.39 is 0 Å². The highest BCUT2D eigenvalue weighted by molar-refractivity contribution is 8.00. The first-order valence-electron chi connectivity index (χ1n) is 8.72. The number of carbonyl (C=O) groups excluding carboxylic acids is 1. The fourth-order valence-electron chi connectivity index (χ4n) is 3.01. The first-order chi connectivity index (χ1) is 12.1. The Balaban J connectivity index is 1.64. The Kier molecular flexibility index (Phi) is 5.75. The third-order valence-electron chi connectivity index (χ3n) is 4.63. The van der Waals surface area contributed by atoms with Crippen LogP contribution in [0, 0.1) is 0 Å². The molecule has 6 nitrogen and oxygen atoms in total. The van der Waals surface area contributed by atoms with Crippen LogP contribution >= 0.6 is 11.8 Å². The van der Waals surface area contributed by atoms with Crippen molar-refractivity contribution < 1.29 is 4.79 Å². The Labute approximate surface area is 153 Å². The number of piperazine rings is 1. The fraction of sp³-hybridized carbons (Fsp3) is 0.500. The van der Waals surface area contributed by atoms with Gasteiger partial charge < -0.3 is 14.4 Å². The van der Waals surface area contributed by atoms with Crippen LogP contribution in [-0.4, -0.2) is 68.4 Å². The molecule has 7 heteroatoms. The Morgan fingerprint density at radius 2 is 1.84 bits per heavy atom. The first-order valence-corrected chi connectivity index (χ1v) is 9.60. The Morgan fingerprint density at radius 1 is 1.16 bits per heavy atom. The number of nitrogens with zero attached hydrogens (tertiary/aromatic N) is 5. The number of amides is 1. The molecule has 1 fully saturated rings. The van der Waals surface area contributed by atoms with Crippen molar-refractivity contribution in [2.75, 3.05) is 32.7 Å². The van der Waals surface area contributed by atoms with E-state index in [0.29, 0.717) is 0 Å². The number of hydrogen-bond donors (Lipinski definition) is 0. The van der Waals surface area contributed by atoms with Crippen molar-refractivity contribution in [1.29, 1.82) is 0 Å². The Morgan fingerprint density at radius 3 is 2.48 bits per heavy atom. The highest BCUT2D eigenvalue weighted by Crippen LogP contribution is 2.26. The predicted molar refractivity (Wildman–Crippen MR) is 100 cm³/mol. The number of hydrogen-bond acceptors (Lipinski definition) is 5. The summed E-state index contributed by atoms with van der Waals surface area (Å²) in [5.41, 5.74) is 1.03. The normalized spacial score (nSPS) is 16.8. The third kappa shape index (κ3) is 4.04. The second kappa shape index (κ2) is 8.01. The van der Waals surface area contributed by atoms with Gasteiger partial charge in [-0.05, 0) is 13.5 Å². The van der Waals surface area contributed by atoms with Crippen LogP contribution in [-0.2, 0) is 11.8 Å². The van der Waals surface area contributed by atoms with Crippen LogP contribution in [0.3, 0.4) is 0 Å². The summed E-state index contributed by atoms with van der Waals surface area (Å²) in [6, 6.07) is 9.98. The molecule has 134 valence electrons. The Hall–Kier alpha value is -1.86. The van der Waals surface area contributed by atoms with Gasteiger partial charge in [0.2, 0.25) is 5.91 Å². The quantitative estimate of drug-likeness (QED) is 0.766. The highest BCUT2D eigenvalue weighted by atomic mass is 32.2. The van der Waals surface area contributed by atoms with E-state index in [2.05, 4.69) is 22.0 Å². The smallest absolute Gasteiger partial charge is 0.235 e. The molecule has 0 radical (unpaired) electrons. The molecule has 0 saturated carbocycles. The maximum Gasteiger partial charge on any atom is 0.235 e. The number of benzene rings is 1. The molecule has 1 amide bonds. The summed E-state index contributed by atoms with van der Waals surface area (Å²) in [5.74, 6) is 1.00. The second-order valence-electron chi connectivity index (χ2n) is 6.25. The average Bonchev–Trinajstić information content (AvgIpc) is 3.02. The molecule has 0 N–H and O–H groups in total. The van der Waals surface area contributed by atoms with Gasteiger partial charge in [0.05, 0.1) is 5.25 Å². The third-order valence-corrected chi connectivity index (χ3v) is 5.75. The molecule has 1 aromatic heterocycles. The van der Waals surface area contributed by atoms with E-state index in [-0.39, 0.29) is 11.2 Å². The van der Waals surface area contributed by atoms with Gasteiger partial charge in [0.25, 0.3) is 0 Å². The molecule has 0 aliphatic carbocycles. The Bertz CT molecular complexity index is 710. The van der Waals surface area contributed by atoms with Crippen LogP contribution in [0.4, 0.5) is 0 Å². The predicted octanol–water partition coefficient (Wildman–Crippen LogP) is 2.13. The minimum atomic E-state index is -0.167. The van der Waals surface area contributed by atoms with Crippen molar-refractivity contribution >= 4 is 17.7 Å². The van der Waals surface area contributed by atoms with Gasteiger partial charge in [-0.1, -0.05) is 49.0 Å². The summed E-state index contributed by atoms with van der Waals surface area (Å²) in [6.07, 6.45) is 0. The van der Waals surface area contributed by atoms with Crippen LogP contribution in [0.2, 0.25) is 0 Å². The van der Waals surface area contributed by atoms with Gasteiger partial charge in [0.1, 0.15) is 0 Å². The summed E-state index contributed by atoms with van der Waals surface area (Å²) in [6.45, 7) is 8.71. The minimum Gasteiger partial charge on any atom is -0.339 e. The highest BCUT2D eigenvalue weighted by Gasteiger charge is 2.26. The lowest BCUT2D eigenvalue weighted by molar-refractivity contribution is -0.132. The summed E-state index contributed by atoms with van der Waals surface area (Å²) in [7, 11) is 1.95. The van der Waals surface area contributed by atoms with E-state index in [0.717, 1.165) is 49.3 Å². The van der Waals surface area contributed by atoms with Crippen LogP contribution in [0.1, 0.15) is 13.8 Å². The van der Waals surface area contributed by atoms with Crippen LogP contribution < -0.4 is 0 Å². The summed E-state index contributed by atoms with van der Waals surface area (Å²) >= 11 is 1.48. The zero-order chi connectivity index (χ0) is 17.8. The number of rotatable bonds is 5. The zero-order valence-corrected chi connectivity index (χ0v) is 15.9. The molecule has 0 unspecified atom stereocenters. The van der Waals surface area contributed by atoms with Gasteiger partial charge in [0.15, 0.2) is 11.0 Å². The monoisotopic (exact) mass is 359 g/mol. The lowest BCUT2D eigenvalue weighted by atomic mass is 10.2. The molecule has 1 aliphatic rings. The van der Waals surface area contributed by atoms with Crippen molar-refractivity contribution in [2.45, 2.75) is 24.3 Å². The summed E-state index contributed by atoms with van der Waals surface area (Å²) < 4.78 is 1.96. The number of aromatic nitrogens is 3. The SMILES string of the molecule is CCN1CCN(C(=O)[C@@H](C)Sc2nnc(-c3ccccc3)n2C)CC1. The lowest BCUT2D eigenvalue weighted by Gasteiger charge is -2.35. The van der Waals surface area contributed by atoms with E-state index in [1.54, 1.807) is 0 Å². The zero-order valence-electron chi connectivity index (χ0n) is 15.1. The molecule has 25 heavy (non-hydrogen) atoms. The van der Waals surface area contributed by atoms with E-state index in [1.807, 2.05) is 53.8 Å². The van der Waals surface area contributed by atoms with Crippen LogP contribution in [0.5, 0.6) is 0 Å². The molecule has 0 bridgehead atoms. The standard InChI is InChI=1S/C18H25N5OS/c1-4-22-10-12-23(13-11-22)17(24)14(2)25-18-20-19-16(21(18)3)15-8-6-5-7-9-15/h5-9,14H,4,10-13H2,1-3H3/t14-/m1/s1. The molecule has 1 atom stereocenters. The van der Waals surface area contributed by atoms with Crippen molar-refractivity contribution in [3.05, 3.63) is 30.3 Å². The van der Waals surface area contributed by atoms with Crippen molar-refractivity contribution in [3.63, 3.8) is 0 Å². The number of carbonyl (C=O) groups is 1. The molecule has 2 aromatic rings. The van der Waals surface area contributed by atoms with Gasteiger partial charge in [0, 0.05) is 38.8 Å². The van der Waals surface area contributed by atoms with E-state index in [1.165, 1.54) is 11.8 Å². The van der Waals surface area contributed by atoms with Gasteiger partial charge in [-0.15, -0.1) is 10.2 Å². The number of thioether (sulfide) groups is 1. The van der Waals surface area contributed by atoms with Crippen LogP contribution in [0.15, 0.2) is 35.5 Å². The molecule has 3 rings (SSSR count). The number of likely N-dealkylation sites (N-methyl/N-ethyl adjacent to an activating group) is 1.